The predicted octanol–water partition coefficient (Wildman–Crippen LogP) is 1.05. The summed E-state index contributed by atoms with van der Waals surface area (Å²) >= 11 is 1.58. The van der Waals surface area contributed by atoms with Gasteiger partial charge in [0.25, 0.3) is 0 Å². The van der Waals surface area contributed by atoms with Gasteiger partial charge >= 0.3 is 5.97 Å². The number of nitrogens with one attached hydrogen (secondary N) is 1. The molecule has 2 aromatic rings. The summed E-state index contributed by atoms with van der Waals surface area (Å²) in [5, 5.41) is 20.2. The van der Waals surface area contributed by atoms with Crippen molar-refractivity contribution in [1.82, 2.24) is 20.0 Å². The van der Waals surface area contributed by atoms with Crippen molar-refractivity contribution in [3.63, 3.8) is 0 Å². The number of carboxylic acids is 1. The average molecular weight is 267 g/mol. The Balaban J connectivity index is 1.93. The molecule has 0 aromatic carbocycles. The molecule has 0 atom stereocenters. The molecule has 0 aliphatic carbocycles. The van der Waals surface area contributed by atoms with E-state index in [0.29, 0.717) is 12.2 Å². The average Bonchev–Trinajstić information content (AvgIpc) is 2.84. The number of aromatic nitrogens is 4. The molecule has 7 nitrogen and oxygen atoms in total. The topological polar surface area (TPSA) is 92.9 Å². The summed E-state index contributed by atoms with van der Waals surface area (Å²) in [5.41, 5.74) is 1.69. The van der Waals surface area contributed by atoms with E-state index in [0.717, 1.165) is 10.8 Å². The Morgan fingerprint density at radius 3 is 2.94 bits per heavy atom. The van der Waals surface area contributed by atoms with Gasteiger partial charge in [-0.1, -0.05) is 5.21 Å². The van der Waals surface area contributed by atoms with E-state index in [1.165, 1.54) is 9.56 Å². The highest BCUT2D eigenvalue weighted by Gasteiger charge is 2.06. The van der Waals surface area contributed by atoms with Gasteiger partial charge in [0.2, 0.25) is 0 Å². The summed E-state index contributed by atoms with van der Waals surface area (Å²) < 4.78 is 1.29. The maximum absolute atomic E-state index is 10.5. The molecule has 0 saturated carbocycles. The second-order valence-corrected chi connectivity index (χ2v) is 5.02. The standard InChI is InChI=1S/C10H13N5O2S/c1-6-7(2)18-10(12-6)11-3-8-4-15(14-13-8)5-9(16)17/h4H,3,5H2,1-2H3,(H,11,12)(H,16,17). The van der Waals surface area contributed by atoms with Gasteiger partial charge in [0.1, 0.15) is 12.2 Å². The van der Waals surface area contributed by atoms with Gasteiger partial charge in [-0.15, -0.1) is 16.4 Å². The molecule has 2 heterocycles. The summed E-state index contributed by atoms with van der Waals surface area (Å²) in [4.78, 5) is 16.0. The zero-order chi connectivity index (χ0) is 13.1. The number of hydrogen-bond donors (Lipinski definition) is 2. The largest absolute Gasteiger partial charge is 0.480 e. The van der Waals surface area contributed by atoms with Crippen LogP contribution in [0.1, 0.15) is 16.3 Å². The monoisotopic (exact) mass is 267 g/mol. The first-order valence-corrected chi connectivity index (χ1v) is 6.15. The molecule has 8 heteroatoms. The molecular formula is C10H13N5O2S. The highest BCUT2D eigenvalue weighted by Crippen LogP contribution is 2.21. The summed E-state index contributed by atoms with van der Waals surface area (Å²) in [6, 6.07) is 0. The molecule has 0 unspecified atom stereocenters. The fourth-order valence-corrected chi connectivity index (χ4v) is 2.16. The number of thiazole rings is 1. The van der Waals surface area contributed by atoms with E-state index in [4.69, 9.17) is 5.11 Å². The third-order valence-corrected chi connectivity index (χ3v) is 3.36. The number of nitrogens with zero attached hydrogens (tertiary/aromatic N) is 4. The first-order chi connectivity index (χ1) is 8.54. The van der Waals surface area contributed by atoms with Crippen LogP contribution in [0.3, 0.4) is 0 Å². The lowest BCUT2D eigenvalue weighted by atomic mass is 10.4. The third-order valence-electron chi connectivity index (χ3n) is 2.33. The number of carbonyl (C=O) groups is 1. The van der Waals surface area contributed by atoms with Crippen molar-refractivity contribution < 1.29 is 9.90 Å². The third kappa shape index (κ3) is 3.04. The van der Waals surface area contributed by atoms with Crippen LogP contribution in [0.25, 0.3) is 0 Å². The fraction of sp³-hybridized carbons (Fsp3) is 0.400. The van der Waals surface area contributed by atoms with Gasteiger partial charge in [0.05, 0.1) is 18.4 Å². The van der Waals surface area contributed by atoms with E-state index >= 15 is 0 Å². The van der Waals surface area contributed by atoms with E-state index in [9.17, 15) is 4.79 Å². The van der Waals surface area contributed by atoms with Crippen LogP contribution >= 0.6 is 11.3 Å². The number of rotatable bonds is 5. The first-order valence-electron chi connectivity index (χ1n) is 5.33. The Labute approximate surface area is 107 Å². The summed E-state index contributed by atoms with van der Waals surface area (Å²) in [7, 11) is 0. The van der Waals surface area contributed by atoms with E-state index in [-0.39, 0.29) is 6.54 Å². The van der Waals surface area contributed by atoms with Crippen LogP contribution in [0.5, 0.6) is 0 Å². The smallest absolute Gasteiger partial charge is 0.325 e. The fourth-order valence-electron chi connectivity index (χ4n) is 1.35. The lowest BCUT2D eigenvalue weighted by Gasteiger charge is -1.97. The molecule has 0 fully saturated rings. The van der Waals surface area contributed by atoms with Crippen molar-refractivity contribution in [2.24, 2.45) is 0 Å². The SMILES string of the molecule is Cc1nc(NCc2cn(CC(=O)O)nn2)sc1C. The number of aryl methyl sites for hydroxylation is 2. The molecule has 0 saturated heterocycles. The van der Waals surface area contributed by atoms with Crippen molar-refractivity contribution in [2.75, 3.05) is 5.32 Å². The maximum atomic E-state index is 10.5. The first kappa shape index (κ1) is 12.5. The van der Waals surface area contributed by atoms with Crippen LogP contribution in [0.4, 0.5) is 5.13 Å². The molecule has 0 radical (unpaired) electrons. The highest BCUT2D eigenvalue weighted by atomic mass is 32.1. The van der Waals surface area contributed by atoms with E-state index in [1.54, 1.807) is 17.5 Å². The quantitative estimate of drug-likeness (QED) is 0.841. The van der Waals surface area contributed by atoms with Crippen LogP contribution in [0, 0.1) is 13.8 Å². The molecule has 0 aliphatic rings. The number of anilines is 1. The zero-order valence-corrected chi connectivity index (χ0v) is 10.9. The molecule has 2 aromatic heterocycles. The summed E-state index contributed by atoms with van der Waals surface area (Å²) in [5.74, 6) is -0.939. The highest BCUT2D eigenvalue weighted by molar-refractivity contribution is 7.15. The predicted molar refractivity (Wildman–Crippen MR) is 66.6 cm³/mol. The molecule has 2 rings (SSSR count). The van der Waals surface area contributed by atoms with Gasteiger partial charge in [0.15, 0.2) is 5.13 Å². The van der Waals surface area contributed by atoms with Gasteiger partial charge in [-0.3, -0.25) is 4.79 Å². The Kier molecular flexibility index (Phi) is 3.56. The Morgan fingerprint density at radius 2 is 2.33 bits per heavy atom. The number of hydrogen-bond acceptors (Lipinski definition) is 6. The number of carboxylic acid groups (broad SMARTS) is 1. The zero-order valence-electron chi connectivity index (χ0n) is 10.0. The summed E-state index contributed by atoms with van der Waals surface area (Å²) in [6.45, 7) is 4.27. The minimum Gasteiger partial charge on any atom is -0.480 e. The molecule has 96 valence electrons. The van der Waals surface area contributed by atoms with Crippen molar-refractivity contribution in [3.05, 3.63) is 22.5 Å². The minimum atomic E-state index is -0.939. The molecule has 0 spiro atoms. The van der Waals surface area contributed by atoms with Crippen molar-refractivity contribution in [2.45, 2.75) is 26.9 Å². The van der Waals surface area contributed by atoms with Gasteiger partial charge in [-0.25, -0.2) is 9.67 Å². The van der Waals surface area contributed by atoms with Crippen LogP contribution < -0.4 is 5.32 Å². The summed E-state index contributed by atoms with van der Waals surface area (Å²) in [6.07, 6.45) is 1.61. The van der Waals surface area contributed by atoms with Gasteiger partial charge < -0.3 is 10.4 Å². The second kappa shape index (κ2) is 5.13. The van der Waals surface area contributed by atoms with Crippen LogP contribution in [-0.2, 0) is 17.9 Å². The Bertz CT molecular complexity index is 543. The van der Waals surface area contributed by atoms with Gasteiger partial charge in [-0.2, -0.15) is 0 Å². The van der Waals surface area contributed by atoms with Gasteiger partial charge in [0, 0.05) is 4.88 Å². The van der Waals surface area contributed by atoms with E-state index in [2.05, 4.69) is 20.6 Å². The van der Waals surface area contributed by atoms with Crippen LogP contribution in [-0.4, -0.2) is 31.1 Å². The lowest BCUT2D eigenvalue weighted by molar-refractivity contribution is -0.137. The van der Waals surface area contributed by atoms with Gasteiger partial charge in [-0.05, 0) is 13.8 Å². The minimum absolute atomic E-state index is 0.178. The lowest BCUT2D eigenvalue weighted by Crippen LogP contribution is -2.09. The van der Waals surface area contributed by atoms with Crippen LogP contribution in [0.2, 0.25) is 0 Å². The molecule has 18 heavy (non-hydrogen) atoms. The van der Waals surface area contributed by atoms with E-state index < -0.39 is 5.97 Å². The Hall–Kier alpha value is -1.96. The maximum Gasteiger partial charge on any atom is 0.325 e. The molecule has 2 N–H and O–H groups in total. The van der Waals surface area contributed by atoms with Crippen LogP contribution in [0.15, 0.2) is 6.20 Å². The second-order valence-electron chi connectivity index (χ2n) is 3.82. The molecule has 0 amide bonds. The Morgan fingerprint density at radius 1 is 1.56 bits per heavy atom. The normalized spacial score (nSPS) is 10.6. The number of aliphatic carboxylic acids is 1. The molecular weight excluding hydrogens is 254 g/mol. The van der Waals surface area contributed by atoms with Crippen molar-refractivity contribution >= 4 is 22.4 Å². The molecule has 0 bridgehead atoms. The van der Waals surface area contributed by atoms with Crippen molar-refractivity contribution in [1.29, 1.82) is 0 Å². The molecule has 0 aliphatic heterocycles. The van der Waals surface area contributed by atoms with E-state index in [1.807, 2.05) is 13.8 Å². The van der Waals surface area contributed by atoms with Crippen molar-refractivity contribution in [3.8, 4) is 0 Å².